The molecule has 4 heteroatoms. The van der Waals surface area contributed by atoms with Crippen LogP contribution >= 0.6 is 0 Å². The van der Waals surface area contributed by atoms with Crippen molar-refractivity contribution in [1.29, 1.82) is 0 Å². The number of hydrogen-bond donors (Lipinski definition) is 0. The number of aromatic nitrogens is 2. The van der Waals surface area contributed by atoms with Crippen LogP contribution in [0.25, 0.3) is 17.8 Å². The lowest BCUT2D eigenvalue weighted by molar-refractivity contribution is -0.672. The Hall–Kier alpha value is -2.88. The van der Waals surface area contributed by atoms with Gasteiger partial charge in [-0.3, -0.25) is 0 Å². The minimum absolute atomic E-state index is 0.391. The molecule has 0 atom stereocenters. The van der Waals surface area contributed by atoms with Crippen molar-refractivity contribution >= 4 is 12.2 Å². The predicted molar refractivity (Wildman–Crippen MR) is 77.6 cm³/mol. The largest absolute Gasteiger partial charge is 0.539 e. The maximum Gasteiger partial charge on any atom is 0.263 e. The van der Waals surface area contributed by atoms with Crippen molar-refractivity contribution in [3.05, 3.63) is 71.4 Å². The van der Waals surface area contributed by atoms with Gasteiger partial charge in [0.15, 0.2) is 5.95 Å². The van der Waals surface area contributed by atoms with Crippen molar-refractivity contribution < 1.29 is 14.3 Å². The minimum atomic E-state index is -0.456. The van der Waals surface area contributed by atoms with Crippen LogP contribution in [0.15, 0.2) is 59.1 Å². The third-order valence-corrected chi connectivity index (χ3v) is 3.15. The van der Waals surface area contributed by atoms with Gasteiger partial charge in [-0.25, -0.2) is 0 Å². The van der Waals surface area contributed by atoms with Gasteiger partial charge in [0.1, 0.15) is 0 Å². The molecule has 0 saturated carbocycles. The van der Waals surface area contributed by atoms with Crippen molar-refractivity contribution in [3.63, 3.8) is 0 Å². The van der Waals surface area contributed by atoms with E-state index in [1.54, 1.807) is 6.08 Å². The van der Waals surface area contributed by atoms with Crippen molar-refractivity contribution in [3.8, 4) is 11.6 Å². The summed E-state index contributed by atoms with van der Waals surface area (Å²) in [6.07, 6.45) is 3.58. The average Bonchev–Trinajstić information content (AvgIpc) is 2.88. The Bertz CT molecular complexity index is 759. The predicted octanol–water partition coefficient (Wildman–Crippen LogP) is 2.50. The molecule has 0 bridgehead atoms. The molecule has 0 saturated heterocycles. The van der Waals surface area contributed by atoms with Crippen molar-refractivity contribution in [2.45, 2.75) is 6.92 Å². The highest BCUT2D eigenvalue weighted by molar-refractivity contribution is 5.68. The molecule has 0 aliphatic heterocycles. The first kappa shape index (κ1) is 13.1. The number of nitrogens with zero attached hydrogens (tertiary/aromatic N) is 2. The Morgan fingerprint density at radius 3 is 2.43 bits per heavy atom. The van der Waals surface area contributed by atoms with Crippen molar-refractivity contribution in [2.75, 3.05) is 0 Å². The summed E-state index contributed by atoms with van der Waals surface area (Å²) in [5.41, 5.74) is 3.34. The van der Waals surface area contributed by atoms with E-state index >= 15 is 0 Å². The van der Waals surface area contributed by atoms with Gasteiger partial charge in [-0.2, -0.15) is 0 Å². The average molecular weight is 278 g/mol. The molecule has 1 heterocycles. The molecule has 0 radical (unpaired) electrons. The molecular weight excluding hydrogens is 264 g/mol. The van der Waals surface area contributed by atoms with Gasteiger partial charge in [0.25, 0.3) is 5.69 Å². The van der Waals surface area contributed by atoms with Gasteiger partial charge in [-0.15, -0.1) is 0 Å². The van der Waals surface area contributed by atoms with E-state index in [4.69, 9.17) is 4.52 Å². The Labute approximate surface area is 122 Å². The first-order valence-corrected chi connectivity index (χ1v) is 6.63. The molecule has 4 nitrogen and oxygen atoms in total. The highest BCUT2D eigenvalue weighted by Gasteiger charge is 2.17. The second kappa shape index (κ2) is 5.63. The molecule has 0 aliphatic carbocycles. The van der Waals surface area contributed by atoms with Crippen LogP contribution in [0, 0.1) is 6.92 Å². The van der Waals surface area contributed by atoms with E-state index in [0.29, 0.717) is 5.69 Å². The lowest BCUT2D eigenvalue weighted by Crippen LogP contribution is -2.35. The van der Waals surface area contributed by atoms with Gasteiger partial charge in [0.05, 0.1) is 5.27 Å². The molecule has 104 valence electrons. The number of benzene rings is 2. The smallest absolute Gasteiger partial charge is 0.263 e. The maximum absolute atomic E-state index is 11.8. The molecule has 21 heavy (non-hydrogen) atoms. The molecular formula is C17H14N2O2. The fraction of sp³-hybridized carbons (Fsp3) is 0.0588. The van der Waals surface area contributed by atoms with Crippen LogP contribution in [-0.4, -0.2) is 5.27 Å². The zero-order valence-corrected chi connectivity index (χ0v) is 11.6. The molecule has 0 N–H and O–H groups in total. The highest BCUT2D eigenvalue weighted by atomic mass is 16.6. The molecule has 0 amide bonds. The van der Waals surface area contributed by atoms with Crippen LogP contribution in [0.3, 0.4) is 0 Å². The zero-order valence-electron chi connectivity index (χ0n) is 11.6. The maximum atomic E-state index is 11.8. The molecule has 1 aromatic heterocycles. The summed E-state index contributed by atoms with van der Waals surface area (Å²) >= 11 is 0. The summed E-state index contributed by atoms with van der Waals surface area (Å²) in [7, 11) is 0. The van der Waals surface area contributed by atoms with E-state index < -0.39 is 5.95 Å². The van der Waals surface area contributed by atoms with E-state index in [-0.39, 0.29) is 0 Å². The summed E-state index contributed by atoms with van der Waals surface area (Å²) in [6, 6.07) is 17.5. The van der Waals surface area contributed by atoms with Gasteiger partial charge < -0.3 is 9.63 Å². The van der Waals surface area contributed by atoms with E-state index in [9.17, 15) is 5.11 Å². The Morgan fingerprint density at radius 2 is 1.71 bits per heavy atom. The second-order valence-electron chi connectivity index (χ2n) is 4.74. The van der Waals surface area contributed by atoms with Gasteiger partial charge in [0.2, 0.25) is 5.69 Å². The van der Waals surface area contributed by atoms with Crippen LogP contribution < -0.4 is 9.79 Å². The monoisotopic (exact) mass is 278 g/mol. The van der Waals surface area contributed by atoms with Crippen LogP contribution in [0.1, 0.15) is 16.8 Å². The molecule has 0 fully saturated rings. The summed E-state index contributed by atoms with van der Waals surface area (Å²) in [5, 5.41) is 15.6. The topological polar surface area (TPSA) is 53.0 Å². The van der Waals surface area contributed by atoms with Gasteiger partial charge in [-0.1, -0.05) is 48.0 Å². The van der Waals surface area contributed by atoms with E-state index in [0.717, 1.165) is 16.8 Å². The van der Waals surface area contributed by atoms with Crippen molar-refractivity contribution in [2.24, 2.45) is 0 Å². The Kier molecular flexibility index (Phi) is 3.51. The summed E-state index contributed by atoms with van der Waals surface area (Å²) < 4.78 is 6.28. The third kappa shape index (κ3) is 2.84. The normalized spacial score (nSPS) is 11.1. The lowest BCUT2D eigenvalue weighted by atomic mass is 10.2. The molecule has 2 aromatic carbocycles. The fourth-order valence-electron chi connectivity index (χ4n) is 2.01. The molecule has 0 spiro atoms. The SMILES string of the molecule is Cc1ccc(-[n+]2noc([O-])c2/C=C/c2ccccc2)cc1. The summed E-state index contributed by atoms with van der Waals surface area (Å²) in [6.45, 7) is 2.01. The van der Waals surface area contributed by atoms with Gasteiger partial charge in [0, 0.05) is 18.2 Å². The molecule has 3 aromatic rings. The van der Waals surface area contributed by atoms with Gasteiger partial charge in [-0.05, 0) is 23.2 Å². The first-order valence-electron chi connectivity index (χ1n) is 6.63. The van der Waals surface area contributed by atoms with E-state index in [2.05, 4.69) is 5.27 Å². The lowest BCUT2D eigenvalue weighted by Gasteiger charge is -1.95. The number of rotatable bonds is 3. The first-order chi connectivity index (χ1) is 10.2. The van der Waals surface area contributed by atoms with Crippen LogP contribution in [0.2, 0.25) is 0 Å². The van der Waals surface area contributed by atoms with Crippen molar-refractivity contribution in [1.82, 2.24) is 5.27 Å². The highest BCUT2D eigenvalue weighted by Crippen LogP contribution is 2.14. The Morgan fingerprint density at radius 1 is 1.00 bits per heavy atom. The second-order valence-corrected chi connectivity index (χ2v) is 4.74. The summed E-state index contributed by atoms with van der Waals surface area (Å²) in [5.74, 6) is -0.456. The van der Waals surface area contributed by atoms with E-state index in [1.807, 2.05) is 67.6 Å². The number of hydrogen-bond acceptors (Lipinski definition) is 3. The molecule has 0 aliphatic rings. The van der Waals surface area contributed by atoms with Crippen LogP contribution in [-0.2, 0) is 0 Å². The van der Waals surface area contributed by atoms with E-state index in [1.165, 1.54) is 4.68 Å². The zero-order chi connectivity index (χ0) is 14.7. The van der Waals surface area contributed by atoms with Gasteiger partial charge >= 0.3 is 0 Å². The van der Waals surface area contributed by atoms with Crippen LogP contribution in [0.4, 0.5) is 0 Å². The molecule has 3 rings (SSSR count). The summed E-state index contributed by atoms with van der Waals surface area (Å²) in [4.78, 5) is 0. The fourth-order valence-corrected chi connectivity index (χ4v) is 2.01. The minimum Gasteiger partial charge on any atom is -0.539 e. The standard InChI is InChI=1S/C17H14N2O2/c1-13-7-10-15(11-8-13)19-16(17(20)21-18-19)12-9-14-5-3-2-4-6-14/h2-12H,1H3/b12-9+. The number of aryl methyl sites for hydroxylation is 1. The molecule has 0 unspecified atom stereocenters. The third-order valence-electron chi connectivity index (χ3n) is 3.15. The quantitative estimate of drug-likeness (QED) is 0.692. The Balaban J connectivity index is 1.98. The van der Waals surface area contributed by atoms with Crippen LogP contribution in [0.5, 0.6) is 5.95 Å².